The molecular formula is C5H9NS2. The first-order valence-electron chi connectivity index (χ1n) is 2.45. The molecule has 0 radical (unpaired) electrons. The van der Waals surface area contributed by atoms with E-state index >= 15 is 0 Å². The Bertz CT molecular complexity index is 78.5. The lowest BCUT2D eigenvalue weighted by Gasteiger charge is -2.22. The molecule has 1 saturated heterocycles. The van der Waals surface area contributed by atoms with Crippen molar-refractivity contribution in [3.8, 4) is 0 Å². The Balaban J connectivity index is 2.22. The lowest BCUT2D eigenvalue weighted by molar-refractivity contribution is 0.520. The molecule has 0 saturated carbocycles. The van der Waals surface area contributed by atoms with E-state index in [2.05, 4.69) is 11.5 Å². The van der Waals surface area contributed by atoms with Gasteiger partial charge < -0.3 is 4.90 Å². The molecule has 8 heavy (non-hydrogen) atoms. The van der Waals surface area contributed by atoms with Gasteiger partial charge in [0.2, 0.25) is 0 Å². The van der Waals surface area contributed by atoms with Gasteiger partial charge in [0.05, 0.1) is 11.8 Å². The van der Waals surface area contributed by atoms with Gasteiger partial charge in [0.15, 0.2) is 0 Å². The van der Waals surface area contributed by atoms with Crippen LogP contribution in [-0.2, 0) is 0 Å². The Morgan fingerprint density at radius 2 is 2.00 bits per heavy atom. The van der Waals surface area contributed by atoms with Crippen molar-refractivity contribution in [1.82, 2.24) is 4.90 Å². The molecule has 0 aromatic heterocycles. The highest BCUT2D eigenvalue weighted by atomic mass is 32.2. The minimum atomic E-state index is 1.12. The van der Waals surface area contributed by atoms with Crippen LogP contribution in [0.1, 0.15) is 0 Å². The van der Waals surface area contributed by atoms with E-state index < -0.39 is 0 Å². The highest BCUT2D eigenvalue weighted by Gasteiger charge is 2.03. The summed E-state index contributed by atoms with van der Waals surface area (Å²) in [6.07, 6.45) is 1.90. The fraction of sp³-hybridized carbons (Fsp3) is 0.600. The van der Waals surface area contributed by atoms with Gasteiger partial charge >= 0.3 is 0 Å². The van der Waals surface area contributed by atoms with Crippen molar-refractivity contribution in [2.45, 2.75) is 0 Å². The van der Waals surface area contributed by atoms with Crippen LogP contribution in [0.3, 0.4) is 0 Å². The van der Waals surface area contributed by atoms with Crippen molar-refractivity contribution < 1.29 is 0 Å². The molecule has 0 aromatic carbocycles. The summed E-state index contributed by atoms with van der Waals surface area (Å²) in [4.78, 5) is 2.21. The summed E-state index contributed by atoms with van der Waals surface area (Å²) in [5.41, 5.74) is 0. The van der Waals surface area contributed by atoms with E-state index in [1.807, 2.05) is 29.7 Å². The maximum Gasteiger partial charge on any atom is 0.0650 e. The minimum Gasteiger partial charge on any atom is -0.360 e. The molecule has 0 N–H and O–H groups in total. The normalized spacial score (nSPS) is 20.8. The first kappa shape index (κ1) is 6.36. The molecule has 1 aliphatic heterocycles. The number of hydrogen-bond acceptors (Lipinski definition) is 3. The van der Waals surface area contributed by atoms with Gasteiger partial charge in [-0.25, -0.2) is 0 Å². The summed E-state index contributed by atoms with van der Waals surface area (Å²) in [7, 11) is 0. The van der Waals surface area contributed by atoms with E-state index in [4.69, 9.17) is 0 Å². The molecule has 0 aliphatic carbocycles. The smallest absolute Gasteiger partial charge is 0.0650 e. The summed E-state index contributed by atoms with van der Waals surface area (Å²) >= 11 is 3.89. The van der Waals surface area contributed by atoms with Gasteiger partial charge in [0.1, 0.15) is 0 Å². The number of nitrogens with zero attached hydrogens (tertiary/aromatic N) is 1. The Hall–Kier alpha value is 0.240. The molecule has 1 fully saturated rings. The van der Waals surface area contributed by atoms with Crippen LogP contribution < -0.4 is 0 Å². The molecule has 3 heteroatoms. The fourth-order valence-corrected chi connectivity index (χ4v) is 2.56. The monoisotopic (exact) mass is 147 g/mol. The van der Waals surface area contributed by atoms with Crippen molar-refractivity contribution in [3.63, 3.8) is 0 Å². The first-order chi connectivity index (χ1) is 3.93. The second-order valence-corrected chi connectivity index (χ2v) is 3.83. The molecule has 46 valence electrons. The lowest BCUT2D eigenvalue weighted by Crippen LogP contribution is -2.18. The van der Waals surface area contributed by atoms with E-state index in [1.165, 1.54) is 5.08 Å². The third-order valence-electron chi connectivity index (χ3n) is 0.939. The number of rotatable bonds is 1. The number of hydrogen-bond donors (Lipinski definition) is 0. The van der Waals surface area contributed by atoms with Crippen LogP contribution in [0.2, 0.25) is 0 Å². The highest BCUT2D eigenvalue weighted by molar-refractivity contribution is 8.16. The van der Waals surface area contributed by atoms with Gasteiger partial charge in [-0.05, 0) is 6.20 Å². The van der Waals surface area contributed by atoms with Crippen molar-refractivity contribution in [2.75, 3.05) is 16.8 Å². The van der Waals surface area contributed by atoms with Crippen molar-refractivity contribution in [2.24, 2.45) is 0 Å². The molecule has 0 aromatic rings. The minimum absolute atomic E-state index is 1.12. The van der Waals surface area contributed by atoms with Crippen LogP contribution >= 0.6 is 23.5 Å². The van der Waals surface area contributed by atoms with Crippen LogP contribution in [0.5, 0.6) is 0 Å². The average molecular weight is 147 g/mol. The topological polar surface area (TPSA) is 3.24 Å². The van der Waals surface area contributed by atoms with E-state index in [-0.39, 0.29) is 0 Å². The second-order valence-electron chi connectivity index (χ2n) is 1.56. The van der Waals surface area contributed by atoms with Crippen molar-refractivity contribution in [3.05, 3.63) is 12.8 Å². The van der Waals surface area contributed by atoms with Crippen LogP contribution in [0.25, 0.3) is 0 Å². The second kappa shape index (κ2) is 3.30. The average Bonchev–Trinajstić information content (AvgIpc) is 1.90. The Labute approximate surface area is 58.5 Å². The largest absolute Gasteiger partial charge is 0.360 e. The van der Waals surface area contributed by atoms with E-state index in [9.17, 15) is 0 Å². The van der Waals surface area contributed by atoms with E-state index in [0.29, 0.717) is 0 Å². The fourth-order valence-electron chi connectivity index (χ4n) is 0.511. The van der Waals surface area contributed by atoms with Crippen molar-refractivity contribution in [1.29, 1.82) is 0 Å². The molecule has 1 aliphatic rings. The van der Waals surface area contributed by atoms with Crippen LogP contribution in [0, 0.1) is 0 Å². The van der Waals surface area contributed by atoms with E-state index in [1.54, 1.807) is 0 Å². The van der Waals surface area contributed by atoms with Gasteiger partial charge in [-0.15, -0.1) is 23.5 Å². The van der Waals surface area contributed by atoms with Gasteiger partial charge in [-0.2, -0.15) is 0 Å². The molecule has 0 atom stereocenters. The van der Waals surface area contributed by atoms with Gasteiger partial charge in [-0.3, -0.25) is 0 Å². The van der Waals surface area contributed by atoms with Gasteiger partial charge in [0, 0.05) is 5.08 Å². The van der Waals surface area contributed by atoms with Crippen molar-refractivity contribution >= 4 is 23.5 Å². The predicted octanol–water partition coefficient (Wildman–Crippen LogP) is 1.78. The molecule has 1 nitrogen and oxygen atoms in total. The Kier molecular flexibility index (Phi) is 2.63. The third-order valence-corrected chi connectivity index (χ3v) is 3.30. The molecule has 0 spiro atoms. The highest BCUT2D eigenvalue weighted by Crippen LogP contribution is 2.21. The Morgan fingerprint density at radius 3 is 2.38 bits per heavy atom. The summed E-state index contributed by atoms with van der Waals surface area (Å²) in [6, 6.07) is 0. The summed E-state index contributed by atoms with van der Waals surface area (Å²) in [5.74, 6) is 2.24. The quantitative estimate of drug-likeness (QED) is 0.556. The third kappa shape index (κ3) is 1.63. The first-order valence-corrected chi connectivity index (χ1v) is 4.76. The molecule has 0 unspecified atom stereocenters. The van der Waals surface area contributed by atoms with Crippen LogP contribution in [0.4, 0.5) is 0 Å². The lowest BCUT2D eigenvalue weighted by atomic mass is 10.8. The van der Waals surface area contributed by atoms with Crippen LogP contribution in [0.15, 0.2) is 12.8 Å². The molecule has 0 bridgehead atoms. The summed E-state index contributed by atoms with van der Waals surface area (Å²) < 4.78 is 0. The van der Waals surface area contributed by atoms with Gasteiger partial charge in [0.25, 0.3) is 0 Å². The maximum absolute atomic E-state index is 3.68. The molecule has 1 heterocycles. The predicted molar refractivity (Wildman–Crippen MR) is 41.8 cm³/mol. The zero-order valence-corrected chi connectivity index (χ0v) is 6.30. The standard InChI is InChI=1S/C5H9NS2/c1-2-6-3-7-5-8-4-6/h2H,1,3-5H2. The zero-order valence-electron chi connectivity index (χ0n) is 4.67. The summed E-state index contributed by atoms with van der Waals surface area (Å²) in [5, 5.41) is 1.24. The SMILES string of the molecule is C=CN1CSCSC1. The molecular weight excluding hydrogens is 138 g/mol. The van der Waals surface area contributed by atoms with Crippen LogP contribution in [-0.4, -0.2) is 21.7 Å². The summed E-state index contributed by atoms with van der Waals surface area (Å²) in [6.45, 7) is 3.68. The molecule has 1 rings (SSSR count). The zero-order chi connectivity index (χ0) is 5.82. The Morgan fingerprint density at radius 1 is 1.38 bits per heavy atom. The van der Waals surface area contributed by atoms with Gasteiger partial charge in [-0.1, -0.05) is 6.58 Å². The number of thioether (sulfide) groups is 2. The van der Waals surface area contributed by atoms with E-state index in [0.717, 1.165) is 11.8 Å². The molecule has 0 amide bonds. The maximum atomic E-state index is 3.68.